The topological polar surface area (TPSA) is 48.1 Å². The van der Waals surface area contributed by atoms with Crippen molar-refractivity contribution in [2.75, 3.05) is 6.61 Å². The van der Waals surface area contributed by atoms with Crippen LogP contribution in [0, 0.1) is 0 Å². The Morgan fingerprint density at radius 1 is 1.60 bits per heavy atom. The van der Waals surface area contributed by atoms with Crippen molar-refractivity contribution in [2.45, 2.75) is 44.2 Å². The van der Waals surface area contributed by atoms with Crippen molar-refractivity contribution in [1.82, 2.24) is 4.98 Å². The highest BCUT2D eigenvalue weighted by atomic mass is 32.1. The Balaban J connectivity index is 1.74. The average Bonchev–Trinajstić information content (AvgIpc) is 2.71. The lowest BCUT2D eigenvalue weighted by Crippen LogP contribution is -2.31. The first-order chi connectivity index (χ1) is 7.34. The summed E-state index contributed by atoms with van der Waals surface area (Å²) in [6, 6.07) is 0.194. The van der Waals surface area contributed by atoms with Gasteiger partial charge in [0.25, 0.3) is 0 Å². The van der Waals surface area contributed by atoms with Gasteiger partial charge in [-0.1, -0.05) is 0 Å². The summed E-state index contributed by atoms with van der Waals surface area (Å²) in [6.07, 6.45) is 7.74. The molecule has 0 radical (unpaired) electrons. The Morgan fingerprint density at radius 3 is 3.20 bits per heavy atom. The maximum absolute atomic E-state index is 6.08. The molecule has 0 bridgehead atoms. The van der Waals surface area contributed by atoms with Crippen molar-refractivity contribution in [3.05, 3.63) is 16.6 Å². The monoisotopic (exact) mass is 226 g/mol. The predicted molar refractivity (Wildman–Crippen MR) is 62.0 cm³/mol. The Kier molecular flexibility index (Phi) is 4.11. The summed E-state index contributed by atoms with van der Waals surface area (Å²) in [4.78, 5) is 4.25. The van der Waals surface area contributed by atoms with E-state index in [1.165, 1.54) is 19.3 Å². The van der Waals surface area contributed by atoms with Crippen LogP contribution in [-0.2, 0) is 11.2 Å². The summed E-state index contributed by atoms with van der Waals surface area (Å²) in [5.74, 6) is 0. The summed E-state index contributed by atoms with van der Waals surface area (Å²) in [6.45, 7) is 0.911. The van der Waals surface area contributed by atoms with E-state index in [4.69, 9.17) is 10.5 Å². The summed E-state index contributed by atoms with van der Waals surface area (Å²) < 4.78 is 5.67. The lowest BCUT2D eigenvalue weighted by atomic mass is 10.0. The highest BCUT2D eigenvalue weighted by Gasteiger charge is 2.17. The largest absolute Gasteiger partial charge is 0.378 e. The van der Waals surface area contributed by atoms with Crippen molar-refractivity contribution >= 4 is 11.3 Å². The molecule has 2 rings (SSSR count). The molecule has 15 heavy (non-hydrogen) atoms. The molecule has 0 aromatic carbocycles. The van der Waals surface area contributed by atoms with Gasteiger partial charge in [-0.15, -0.1) is 11.3 Å². The van der Waals surface area contributed by atoms with E-state index >= 15 is 0 Å². The fourth-order valence-corrected chi connectivity index (χ4v) is 2.70. The van der Waals surface area contributed by atoms with Gasteiger partial charge in [-0.25, -0.2) is 4.98 Å². The average molecular weight is 226 g/mol. The van der Waals surface area contributed by atoms with Crippen LogP contribution < -0.4 is 5.73 Å². The fraction of sp³-hybridized carbons (Fsp3) is 0.727. The van der Waals surface area contributed by atoms with Crippen LogP contribution in [-0.4, -0.2) is 23.7 Å². The number of nitrogens with two attached hydrogens (primary N) is 1. The smallest absolute Gasteiger partial charge is 0.0940 e. The molecule has 0 aliphatic carbocycles. The van der Waals surface area contributed by atoms with Gasteiger partial charge in [0.1, 0.15) is 0 Å². The molecule has 84 valence electrons. The van der Waals surface area contributed by atoms with Gasteiger partial charge in [0.15, 0.2) is 0 Å². The van der Waals surface area contributed by atoms with E-state index in [9.17, 15) is 0 Å². The summed E-state index contributed by atoms with van der Waals surface area (Å²) in [5, 5.41) is 3.14. The minimum Gasteiger partial charge on any atom is -0.378 e. The number of aromatic nitrogens is 1. The van der Waals surface area contributed by atoms with Crippen LogP contribution in [0.15, 0.2) is 11.6 Å². The van der Waals surface area contributed by atoms with Crippen LogP contribution in [0.3, 0.4) is 0 Å². The van der Waals surface area contributed by atoms with Crippen LogP contribution >= 0.6 is 11.3 Å². The summed E-state index contributed by atoms with van der Waals surface area (Å²) in [7, 11) is 0. The SMILES string of the molecule is NC(Cc1nccs1)CC1CCCCO1. The van der Waals surface area contributed by atoms with Crippen LogP contribution in [0.5, 0.6) is 0 Å². The van der Waals surface area contributed by atoms with Crippen molar-refractivity contribution in [1.29, 1.82) is 0 Å². The van der Waals surface area contributed by atoms with Gasteiger partial charge in [-0.05, 0) is 25.7 Å². The van der Waals surface area contributed by atoms with E-state index in [0.717, 1.165) is 24.5 Å². The molecule has 0 spiro atoms. The first-order valence-corrected chi connectivity index (χ1v) is 6.48. The molecule has 1 aliphatic rings. The van der Waals surface area contributed by atoms with E-state index in [2.05, 4.69) is 4.98 Å². The van der Waals surface area contributed by atoms with Gasteiger partial charge < -0.3 is 10.5 Å². The molecule has 1 aromatic rings. The van der Waals surface area contributed by atoms with Crippen LogP contribution in [0.1, 0.15) is 30.7 Å². The maximum atomic E-state index is 6.08. The van der Waals surface area contributed by atoms with Crippen molar-refractivity contribution < 1.29 is 4.74 Å². The molecule has 2 N–H and O–H groups in total. The molecule has 1 saturated heterocycles. The van der Waals surface area contributed by atoms with Crippen LogP contribution in [0.4, 0.5) is 0 Å². The summed E-state index contributed by atoms with van der Waals surface area (Å²) >= 11 is 1.68. The maximum Gasteiger partial charge on any atom is 0.0940 e. The minimum atomic E-state index is 0.194. The third-order valence-electron chi connectivity index (χ3n) is 2.76. The van der Waals surface area contributed by atoms with Gasteiger partial charge in [0.05, 0.1) is 11.1 Å². The zero-order valence-electron chi connectivity index (χ0n) is 8.89. The lowest BCUT2D eigenvalue weighted by molar-refractivity contribution is 0.00747. The first-order valence-electron chi connectivity index (χ1n) is 5.60. The van der Waals surface area contributed by atoms with Gasteiger partial charge in [0, 0.05) is 30.6 Å². The quantitative estimate of drug-likeness (QED) is 0.854. The summed E-state index contributed by atoms with van der Waals surface area (Å²) in [5.41, 5.74) is 6.08. The number of ether oxygens (including phenoxy) is 1. The van der Waals surface area contributed by atoms with E-state index < -0.39 is 0 Å². The van der Waals surface area contributed by atoms with Crippen molar-refractivity contribution in [3.63, 3.8) is 0 Å². The zero-order valence-corrected chi connectivity index (χ0v) is 9.71. The third kappa shape index (κ3) is 3.55. The highest BCUT2D eigenvalue weighted by Crippen LogP contribution is 2.18. The number of hydrogen-bond donors (Lipinski definition) is 1. The number of nitrogens with zero attached hydrogens (tertiary/aromatic N) is 1. The molecule has 2 heterocycles. The highest BCUT2D eigenvalue weighted by molar-refractivity contribution is 7.09. The number of rotatable bonds is 4. The Hall–Kier alpha value is -0.450. The Morgan fingerprint density at radius 2 is 2.53 bits per heavy atom. The second kappa shape index (κ2) is 5.58. The van der Waals surface area contributed by atoms with E-state index in [0.29, 0.717) is 6.10 Å². The van der Waals surface area contributed by atoms with Gasteiger partial charge >= 0.3 is 0 Å². The van der Waals surface area contributed by atoms with E-state index in [1.54, 1.807) is 11.3 Å². The molecule has 1 aromatic heterocycles. The van der Waals surface area contributed by atoms with E-state index in [-0.39, 0.29) is 6.04 Å². The molecule has 2 unspecified atom stereocenters. The molecule has 3 nitrogen and oxygen atoms in total. The molecular formula is C11H18N2OS. The standard InChI is InChI=1S/C11H18N2OS/c12-9(8-11-13-4-6-15-11)7-10-3-1-2-5-14-10/h4,6,9-10H,1-3,5,7-8,12H2. The molecule has 0 saturated carbocycles. The molecular weight excluding hydrogens is 208 g/mol. The third-order valence-corrected chi connectivity index (χ3v) is 3.56. The number of thiazole rings is 1. The lowest BCUT2D eigenvalue weighted by Gasteiger charge is -2.24. The van der Waals surface area contributed by atoms with E-state index in [1.807, 2.05) is 11.6 Å². The molecule has 1 aliphatic heterocycles. The first kappa shape index (κ1) is 11.0. The Labute approximate surface area is 94.7 Å². The minimum absolute atomic E-state index is 0.194. The van der Waals surface area contributed by atoms with Gasteiger partial charge in [0.2, 0.25) is 0 Å². The second-order valence-electron chi connectivity index (χ2n) is 4.11. The molecule has 0 amide bonds. The normalized spacial score (nSPS) is 23.9. The van der Waals surface area contributed by atoms with Crippen molar-refractivity contribution in [2.24, 2.45) is 5.73 Å². The van der Waals surface area contributed by atoms with Crippen molar-refractivity contribution in [3.8, 4) is 0 Å². The molecule has 1 fully saturated rings. The van der Waals surface area contributed by atoms with Crippen LogP contribution in [0.25, 0.3) is 0 Å². The number of hydrogen-bond acceptors (Lipinski definition) is 4. The fourth-order valence-electron chi connectivity index (χ4n) is 1.99. The predicted octanol–water partition coefficient (Wildman–Crippen LogP) is 1.97. The Bertz CT molecular complexity index is 270. The molecule has 2 atom stereocenters. The van der Waals surface area contributed by atoms with Gasteiger partial charge in [-0.2, -0.15) is 0 Å². The zero-order chi connectivity index (χ0) is 10.5. The molecule has 4 heteroatoms. The van der Waals surface area contributed by atoms with Gasteiger partial charge in [-0.3, -0.25) is 0 Å². The second-order valence-corrected chi connectivity index (χ2v) is 5.09. The van der Waals surface area contributed by atoms with Crippen LogP contribution in [0.2, 0.25) is 0 Å².